The first-order chi connectivity index (χ1) is 9.95. The highest BCUT2D eigenvalue weighted by Gasteiger charge is 2.18. The van der Waals surface area contributed by atoms with E-state index in [1.54, 1.807) is 12.1 Å². The molecule has 0 aromatic heterocycles. The smallest absolute Gasteiger partial charge is 0.123 e. The van der Waals surface area contributed by atoms with Crippen LogP contribution in [0.25, 0.3) is 11.1 Å². The van der Waals surface area contributed by atoms with Crippen LogP contribution in [0.4, 0.5) is 4.39 Å². The van der Waals surface area contributed by atoms with Crippen molar-refractivity contribution in [2.24, 2.45) is 5.73 Å². The van der Waals surface area contributed by atoms with Gasteiger partial charge in [-0.15, -0.1) is 0 Å². The van der Waals surface area contributed by atoms with E-state index in [1.807, 2.05) is 26.0 Å². The largest absolute Gasteiger partial charge is 0.324 e. The zero-order valence-corrected chi connectivity index (χ0v) is 13.5. The molecule has 2 aromatic rings. The van der Waals surface area contributed by atoms with Gasteiger partial charge in [-0.2, -0.15) is 0 Å². The molecular formula is C18H21ClFN. The molecule has 0 aliphatic rings. The van der Waals surface area contributed by atoms with E-state index in [0.29, 0.717) is 0 Å². The molecule has 2 N–H and O–H groups in total. The predicted molar refractivity (Wildman–Crippen MR) is 88.2 cm³/mol. The van der Waals surface area contributed by atoms with Crippen LogP contribution in [0.15, 0.2) is 30.3 Å². The Labute approximate surface area is 130 Å². The van der Waals surface area contributed by atoms with Crippen LogP contribution in [0.1, 0.15) is 43.0 Å². The summed E-state index contributed by atoms with van der Waals surface area (Å²) in [6.07, 6.45) is 1.90. The normalized spacial score (nSPS) is 12.5. The Kier molecular flexibility index (Phi) is 5.02. The molecule has 0 aliphatic carbocycles. The molecule has 112 valence electrons. The number of hydrogen-bond acceptors (Lipinski definition) is 1. The predicted octanol–water partition coefficient (Wildman–Crippen LogP) is 5.43. The van der Waals surface area contributed by atoms with Gasteiger partial charge in [0.05, 0.1) is 0 Å². The highest BCUT2D eigenvalue weighted by atomic mass is 35.5. The highest BCUT2D eigenvalue weighted by Crippen LogP contribution is 2.37. The van der Waals surface area contributed by atoms with Crippen LogP contribution in [0.3, 0.4) is 0 Å². The maximum Gasteiger partial charge on any atom is 0.123 e. The molecule has 1 nitrogen and oxygen atoms in total. The van der Waals surface area contributed by atoms with Crippen molar-refractivity contribution in [3.63, 3.8) is 0 Å². The van der Waals surface area contributed by atoms with E-state index < -0.39 is 0 Å². The van der Waals surface area contributed by atoms with Crippen molar-refractivity contribution in [2.45, 2.75) is 39.7 Å². The van der Waals surface area contributed by atoms with Gasteiger partial charge in [0.15, 0.2) is 0 Å². The van der Waals surface area contributed by atoms with Crippen molar-refractivity contribution in [1.29, 1.82) is 0 Å². The van der Waals surface area contributed by atoms with Gasteiger partial charge >= 0.3 is 0 Å². The number of halogens is 2. The van der Waals surface area contributed by atoms with Gasteiger partial charge in [-0.25, -0.2) is 4.39 Å². The summed E-state index contributed by atoms with van der Waals surface area (Å²) in [5.41, 5.74) is 11.2. The maximum atomic E-state index is 13.6. The van der Waals surface area contributed by atoms with Gasteiger partial charge in [-0.05, 0) is 66.3 Å². The first-order valence-electron chi connectivity index (χ1n) is 7.29. The lowest BCUT2D eigenvalue weighted by molar-refractivity contribution is 0.628. The molecule has 0 amide bonds. The molecule has 0 aliphatic heterocycles. The molecule has 0 saturated heterocycles. The van der Waals surface area contributed by atoms with Gasteiger partial charge in [0.2, 0.25) is 0 Å². The fraction of sp³-hybridized carbons (Fsp3) is 0.333. The standard InChI is InChI=1S/C18H21ClFN/c1-4-6-15-11(2)17(19)10-16(12(3)21)18(15)13-7-5-8-14(20)9-13/h5,7-10,12H,4,6,21H2,1-3H3. The summed E-state index contributed by atoms with van der Waals surface area (Å²) in [5.74, 6) is -0.238. The summed E-state index contributed by atoms with van der Waals surface area (Å²) in [7, 11) is 0. The molecule has 2 rings (SSSR count). The Morgan fingerprint density at radius 3 is 2.57 bits per heavy atom. The summed E-state index contributed by atoms with van der Waals surface area (Å²) in [6.45, 7) is 6.07. The van der Waals surface area contributed by atoms with Crippen molar-refractivity contribution < 1.29 is 4.39 Å². The molecule has 1 atom stereocenters. The molecule has 2 aromatic carbocycles. The van der Waals surface area contributed by atoms with E-state index in [2.05, 4.69) is 6.92 Å². The van der Waals surface area contributed by atoms with Crippen molar-refractivity contribution in [3.05, 3.63) is 57.9 Å². The van der Waals surface area contributed by atoms with E-state index in [-0.39, 0.29) is 11.9 Å². The number of nitrogens with two attached hydrogens (primary N) is 1. The Hall–Kier alpha value is -1.38. The van der Waals surface area contributed by atoms with E-state index in [1.165, 1.54) is 11.6 Å². The van der Waals surface area contributed by atoms with Gasteiger partial charge in [-0.3, -0.25) is 0 Å². The van der Waals surface area contributed by atoms with Crippen LogP contribution in [-0.4, -0.2) is 0 Å². The molecule has 0 bridgehead atoms. The fourth-order valence-electron chi connectivity index (χ4n) is 2.73. The second-order valence-electron chi connectivity index (χ2n) is 5.48. The van der Waals surface area contributed by atoms with Crippen molar-refractivity contribution >= 4 is 11.6 Å². The SMILES string of the molecule is CCCc1c(C)c(Cl)cc(C(C)N)c1-c1cccc(F)c1. The average molecular weight is 306 g/mol. The zero-order valence-electron chi connectivity index (χ0n) is 12.7. The van der Waals surface area contributed by atoms with Crippen LogP contribution in [-0.2, 0) is 6.42 Å². The summed E-state index contributed by atoms with van der Waals surface area (Å²) in [5, 5.41) is 0.728. The van der Waals surface area contributed by atoms with Crippen molar-refractivity contribution in [3.8, 4) is 11.1 Å². The molecule has 3 heteroatoms. The summed E-state index contributed by atoms with van der Waals surface area (Å²) in [6, 6.07) is 8.44. The van der Waals surface area contributed by atoms with Crippen LogP contribution < -0.4 is 5.73 Å². The van der Waals surface area contributed by atoms with Crippen LogP contribution in [0.5, 0.6) is 0 Å². The lowest BCUT2D eigenvalue weighted by Crippen LogP contribution is -2.10. The summed E-state index contributed by atoms with van der Waals surface area (Å²) in [4.78, 5) is 0. The molecule has 21 heavy (non-hydrogen) atoms. The lowest BCUT2D eigenvalue weighted by atomic mass is 9.87. The average Bonchev–Trinajstić information content (AvgIpc) is 2.43. The second-order valence-corrected chi connectivity index (χ2v) is 5.88. The van der Waals surface area contributed by atoms with E-state index >= 15 is 0 Å². The molecule has 0 fully saturated rings. The third-order valence-electron chi connectivity index (χ3n) is 3.79. The number of benzene rings is 2. The highest BCUT2D eigenvalue weighted by molar-refractivity contribution is 6.31. The molecule has 0 spiro atoms. The third kappa shape index (κ3) is 3.28. The van der Waals surface area contributed by atoms with Gasteiger partial charge in [-0.1, -0.05) is 37.1 Å². The van der Waals surface area contributed by atoms with Crippen molar-refractivity contribution in [2.75, 3.05) is 0 Å². The monoisotopic (exact) mass is 305 g/mol. The zero-order chi connectivity index (χ0) is 15.6. The van der Waals surface area contributed by atoms with E-state index in [4.69, 9.17) is 17.3 Å². The van der Waals surface area contributed by atoms with E-state index in [0.717, 1.165) is 40.1 Å². The summed E-state index contributed by atoms with van der Waals surface area (Å²) < 4.78 is 13.6. The third-order valence-corrected chi connectivity index (χ3v) is 4.18. The van der Waals surface area contributed by atoms with Gasteiger partial charge in [0, 0.05) is 11.1 Å². The first-order valence-corrected chi connectivity index (χ1v) is 7.66. The molecule has 1 unspecified atom stereocenters. The van der Waals surface area contributed by atoms with Crippen molar-refractivity contribution in [1.82, 2.24) is 0 Å². The Bertz CT molecular complexity index is 650. The minimum absolute atomic E-state index is 0.156. The Morgan fingerprint density at radius 2 is 2.00 bits per heavy atom. The quantitative estimate of drug-likeness (QED) is 0.801. The molecule has 0 saturated carbocycles. The number of rotatable bonds is 4. The lowest BCUT2D eigenvalue weighted by Gasteiger charge is -2.21. The minimum atomic E-state index is -0.238. The van der Waals surface area contributed by atoms with Gasteiger partial charge < -0.3 is 5.73 Å². The molecular weight excluding hydrogens is 285 g/mol. The second kappa shape index (κ2) is 6.59. The summed E-state index contributed by atoms with van der Waals surface area (Å²) >= 11 is 6.36. The first kappa shape index (κ1) is 16.0. The van der Waals surface area contributed by atoms with Crippen LogP contribution in [0.2, 0.25) is 5.02 Å². The Balaban J connectivity index is 2.79. The molecule has 0 heterocycles. The van der Waals surface area contributed by atoms with Crippen LogP contribution in [0, 0.1) is 12.7 Å². The van der Waals surface area contributed by atoms with Gasteiger partial charge in [0.25, 0.3) is 0 Å². The topological polar surface area (TPSA) is 26.0 Å². The fourth-order valence-corrected chi connectivity index (χ4v) is 2.96. The Morgan fingerprint density at radius 1 is 1.29 bits per heavy atom. The van der Waals surface area contributed by atoms with Gasteiger partial charge in [0.1, 0.15) is 5.82 Å². The maximum absolute atomic E-state index is 13.6. The molecule has 0 radical (unpaired) electrons. The minimum Gasteiger partial charge on any atom is -0.324 e. The van der Waals surface area contributed by atoms with E-state index in [9.17, 15) is 4.39 Å². The number of hydrogen-bond donors (Lipinski definition) is 1. The van der Waals surface area contributed by atoms with Crippen LogP contribution >= 0.6 is 11.6 Å².